The normalized spacial score (nSPS) is 14.1. The summed E-state index contributed by atoms with van der Waals surface area (Å²) in [6.45, 7) is 2.09. The summed E-state index contributed by atoms with van der Waals surface area (Å²) >= 11 is 2.89. The van der Waals surface area contributed by atoms with Crippen molar-refractivity contribution in [3.63, 3.8) is 0 Å². The van der Waals surface area contributed by atoms with Gasteiger partial charge in [0.25, 0.3) is 5.56 Å². The van der Waals surface area contributed by atoms with Crippen LogP contribution in [0.3, 0.4) is 0 Å². The number of ether oxygens (including phenoxy) is 1. The van der Waals surface area contributed by atoms with Crippen molar-refractivity contribution in [1.82, 2.24) is 9.55 Å². The number of aromatic nitrogens is 2. The number of thiophene rings is 1. The van der Waals surface area contributed by atoms with E-state index in [2.05, 4.69) is 5.32 Å². The van der Waals surface area contributed by atoms with Gasteiger partial charge in [0.1, 0.15) is 16.3 Å². The monoisotopic (exact) mass is 495 g/mol. The van der Waals surface area contributed by atoms with Gasteiger partial charge in [0.2, 0.25) is 5.91 Å². The quantitative estimate of drug-likeness (QED) is 0.283. The number of nitrogens with zero attached hydrogens (tertiary/aromatic N) is 2. The van der Waals surface area contributed by atoms with Crippen molar-refractivity contribution in [2.75, 3.05) is 12.4 Å². The Balaban J connectivity index is 1.47. The van der Waals surface area contributed by atoms with E-state index in [1.54, 1.807) is 59.6 Å². The average Bonchev–Trinajstić information content (AvgIpc) is 3.49. The third-order valence-electron chi connectivity index (χ3n) is 5.94. The Morgan fingerprint density at radius 1 is 1.26 bits per heavy atom. The number of anilines is 1. The molecule has 1 aliphatic carbocycles. The van der Waals surface area contributed by atoms with E-state index in [0.29, 0.717) is 16.6 Å². The minimum absolute atomic E-state index is 0.0638. The van der Waals surface area contributed by atoms with Crippen LogP contribution in [0.2, 0.25) is 0 Å². The molecule has 0 saturated heterocycles. The largest absolute Gasteiger partial charge is 0.497 e. The number of hydrogen-bond acceptors (Lipinski definition) is 7. The number of methoxy groups -OCH3 is 1. The van der Waals surface area contributed by atoms with Crippen molar-refractivity contribution in [2.45, 2.75) is 49.6 Å². The van der Waals surface area contributed by atoms with E-state index in [9.17, 15) is 9.59 Å². The number of carbonyl (C=O) groups is 1. The summed E-state index contributed by atoms with van der Waals surface area (Å²) in [7, 11) is 1.60. The van der Waals surface area contributed by atoms with Crippen molar-refractivity contribution in [2.24, 2.45) is 0 Å². The van der Waals surface area contributed by atoms with E-state index >= 15 is 0 Å². The zero-order valence-corrected chi connectivity index (χ0v) is 20.6. The first-order valence-corrected chi connectivity index (χ1v) is 12.9. The number of fused-ring (bicyclic) bond motifs is 3. The highest BCUT2D eigenvalue weighted by molar-refractivity contribution is 8.00. The predicted molar refractivity (Wildman–Crippen MR) is 135 cm³/mol. The summed E-state index contributed by atoms with van der Waals surface area (Å²) in [5.74, 6) is 1.22. The lowest BCUT2D eigenvalue weighted by Gasteiger charge is -2.16. The lowest BCUT2D eigenvalue weighted by Crippen LogP contribution is -2.27. The Bertz CT molecular complexity index is 1370. The average molecular weight is 496 g/mol. The van der Waals surface area contributed by atoms with Crippen molar-refractivity contribution < 1.29 is 13.9 Å². The molecule has 0 saturated carbocycles. The van der Waals surface area contributed by atoms with Crippen LogP contribution in [0.1, 0.15) is 36.0 Å². The number of amides is 1. The molecule has 34 heavy (non-hydrogen) atoms. The fourth-order valence-corrected chi connectivity index (χ4v) is 6.35. The first-order chi connectivity index (χ1) is 16.5. The van der Waals surface area contributed by atoms with Gasteiger partial charge in [0.05, 0.1) is 30.6 Å². The highest BCUT2D eigenvalue weighted by atomic mass is 32.2. The molecule has 1 unspecified atom stereocenters. The molecule has 3 heterocycles. The molecular formula is C25H25N3O4S2. The van der Waals surface area contributed by atoms with E-state index in [0.717, 1.165) is 47.2 Å². The highest BCUT2D eigenvalue weighted by Gasteiger charge is 2.25. The summed E-state index contributed by atoms with van der Waals surface area (Å²) in [5, 5.41) is 3.70. The number of thioether (sulfide) groups is 1. The van der Waals surface area contributed by atoms with Crippen LogP contribution in [-0.4, -0.2) is 27.8 Å². The van der Waals surface area contributed by atoms with Gasteiger partial charge < -0.3 is 14.5 Å². The molecule has 0 fully saturated rings. The maximum atomic E-state index is 13.7. The van der Waals surface area contributed by atoms with Gasteiger partial charge in [0, 0.05) is 10.6 Å². The number of hydrogen-bond donors (Lipinski definition) is 1. The Kier molecular flexibility index (Phi) is 6.47. The van der Waals surface area contributed by atoms with Gasteiger partial charge in [-0.25, -0.2) is 4.98 Å². The zero-order chi connectivity index (χ0) is 23.7. The number of aryl methyl sites for hydroxylation is 2. The van der Waals surface area contributed by atoms with Gasteiger partial charge in [-0.05, 0) is 74.6 Å². The second kappa shape index (κ2) is 9.68. The Hall–Kier alpha value is -3.04. The van der Waals surface area contributed by atoms with Crippen molar-refractivity contribution in [3.8, 4) is 5.75 Å². The van der Waals surface area contributed by atoms with Crippen molar-refractivity contribution in [3.05, 3.63) is 69.2 Å². The molecule has 0 radical (unpaired) electrons. The molecule has 1 aromatic carbocycles. The van der Waals surface area contributed by atoms with Gasteiger partial charge in [-0.15, -0.1) is 11.3 Å². The van der Waals surface area contributed by atoms with Crippen LogP contribution in [0, 0.1) is 0 Å². The van der Waals surface area contributed by atoms with Gasteiger partial charge >= 0.3 is 0 Å². The van der Waals surface area contributed by atoms with E-state index in [1.165, 1.54) is 16.6 Å². The molecule has 1 N–H and O–H groups in total. The van der Waals surface area contributed by atoms with E-state index in [4.69, 9.17) is 14.1 Å². The number of nitrogens with one attached hydrogen (secondary N) is 1. The summed E-state index contributed by atoms with van der Waals surface area (Å²) in [5.41, 5.74) is 1.77. The predicted octanol–water partition coefficient (Wildman–Crippen LogP) is 5.11. The van der Waals surface area contributed by atoms with Crippen LogP contribution >= 0.6 is 23.1 Å². The first-order valence-electron chi connectivity index (χ1n) is 11.2. The topological polar surface area (TPSA) is 86.4 Å². The molecular weight excluding hydrogens is 470 g/mol. The van der Waals surface area contributed by atoms with Crippen LogP contribution in [0.5, 0.6) is 5.75 Å². The second-order valence-corrected chi connectivity index (χ2v) is 10.6. The lowest BCUT2D eigenvalue weighted by atomic mass is 9.97. The number of rotatable bonds is 7. The Morgan fingerprint density at radius 2 is 2.06 bits per heavy atom. The molecule has 9 heteroatoms. The molecule has 0 aliphatic heterocycles. The van der Waals surface area contributed by atoms with Crippen LogP contribution < -0.4 is 15.6 Å². The number of benzene rings is 1. The molecule has 1 aliphatic rings. The third-order valence-corrected chi connectivity index (χ3v) is 8.22. The molecule has 176 valence electrons. The molecule has 1 amide bonds. The minimum Gasteiger partial charge on any atom is -0.497 e. The molecule has 3 aromatic heterocycles. The molecule has 7 nitrogen and oxygen atoms in total. The molecule has 4 aromatic rings. The van der Waals surface area contributed by atoms with Crippen molar-refractivity contribution >= 4 is 44.9 Å². The highest BCUT2D eigenvalue weighted by Crippen LogP contribution is 2.35. The van der Waals surface area contributed by atoms with Crippen LogP contribution in [0.4, 0.5) is 5.69 Å². The first kappa shape index (κ1) is 22.7. The molecule has 1 atom stereocenters. The van der Waals surface area contributed by atoms with E-state index in [1.807, 2.05) is 13.0 Å². The third kappa shape index (κ3) is 4.50. The lowest BCUT2D eigenvalue weighted by molar-refractivity contribution is -0.115. The molecule has 0 bridgehead atoms. The standard InChI is InChI=1S/C25H25N3O4S2/c1-15(22(29)26-16-9-11-17(31-2)12-10-16)33-25-27-23-21(19-7-3-4-8-20(19)34-23)24(30)28(25)14-18-6-5-13-32-18/h5-6,9-13,15H,3-4,7-8,14H2,1-2H3,(H,26,29). The van der Waals surface area contributed by atoms with E-state index in [-0.39, 0.29) is 18.0 Å². The van der Waals surface area contributed by atoms with Gasteiger partial charge in [-0.1, -0.05) is 11.8 Å². The smallest absolute Gasteiger partial charge is 0.263 e. The summed E-state index contributed by atoms with van der Waals surface area (Å²) in [6, 6.07) is 10.8. The number of carbonyl (C=O) groups excluding carboxylic acids is 1. The second-order valence-electron chi connectivity index (χ2n) is 8.23. The SMILES string of the molecule is COc1ccc(NC(=O)C(C)Sc2nc3sc4c(c3c(=O)n2Cc2ccco2)CCCC4)cc1. The Labute approximate surface area is 205 Å². The maximum Gasteiger partial charge on any atom is 0.263 e. The Morgan fingerprint density at radius 3 is 2.79 bits per heavy atom. The van der Waals surface area contributed by atoms with Crippen molar-refractivity contribution in [1.29, 1.82) is 0 Å². The fraction of sp³-hybridized carbons (Fsp3) is 0.320. The summed E-state index contributed by atoms with van der Waals surface area (Å²) in [6.07, 6.45) is 5.74. The zero-order valence-electron chi connectivity index (χ0n) is 19.0. The summed E-state index contributed by atoms with van der Waals surface area (Å²) < 4.78 is 12.3. The molecule has 0 spiro atoms. The fourth-order valence-electron chi connectivity index (χ4n) is 4.14. The van der Waals surface area contributed by atoms with Crippen LogP contribution in [-0.2, 0) is 24.2 Å². The van der Waals surface area contributed by atoms with E-state index < -0.39 is 5.25 Å². The maximum absolute atomic E-state index is 13.7. The molecule has 5 rings (SSSR count). The van der Waals surface area contributed by atoms with Gasteiger partial charge in [-0.3, -0.25) is 14.2 Å². The summed E-state index contributed by atoms with van der Waals surface area (Å²) in [4.78, 5) is 33.5. The minimum atomic E-state index is -0.469. The van der Waals surface area contributed by atoms with Gasteiger partial charge in [0.15, 0.2) is 5.16 Å². The number of furan rings is 1. The van der Waals surface area contributed by atoms with Crippen LogP contribution in [0.25, 0.3) is 10.2 Å². The van der Waals surface area contributed by atoms with Gasteiger partial charge in [-0.2, -0.15) is 0 Å². The van der Waals surface area contributed by atoms with Crippen LogP contribution in [0.15, 0.2) is 57.0 Å².